The summed E-state index contributed by atoms with van der Waals surface area (Å²) in [5.41, 5.74) is 0.345. The number of halogens is 2. The number of amides is 1. The van der Waals surface area contributed by atoms with E-state index in [1.165, 1.54) is 6.07 Å². The van der Waals surface area contributed by atoms with Crippen molar-refractivity contribution in [3.05, 3.63) is 59.1 Å². The Hall–Kier alpha value is -3.24. The molecule has 0 aliphatic heterocycles. The fourth-order valence-electron chi connectivity index (χ4n) is 3.84. The first-order valence-electron chi connectivity index (χ1n) is 11.1. The number of likely N-dealkylation sites (N-methyl/N-ethyl adjacent to an activating group) is 1. The largest absolute Gasteiger partial charge is 0.490 e. The molecule has 1 unspecified atom stereocenters. The van der Waals surface area contributed by atoms with E-state index in [4.69, 9.17) is 21.1 Å². The van der Waals surface area contributed by atoms with Gasteiger partial charge in [0.2, 0.25) is 5.91 Å². The first kappa shape index (κ1) is 23.9. The molecule has 9 nitrogen and oxygen atoms in total. The van der Waals surface area contributed by atoms with Gasteiger partial charge in [-0.1, -0.05) is 28.9 Å². The molecule has 1 aliphatic rings. The minimum absolute atomic E-state index is 0.0208. The summed E-state index contributed by atoms with van der Waals surface area (Å²) in [4.78, 5) is 14.4. The van der Waals surface area contributed by atoms with Gasteiger partial charge in [0.15, 0.2) is 17.4 Å². The van der Waals surface area contributed by atoms with Crippen molar-refractivity contribution < 1.29 is 18.7 Å². The van der Waals surface area contributed by atoms with Gasteiger partial charge in [-0.3, -0.25) is 9.69 Å². The molecule has 34 heavy (non-hydrogen) atoms. The van der Waals surface area contributed by atoms with Gasteiger partial charge in [0.25, 0.3) is 0 Å². The van der Waals surface area contributed by atoms with E-state index in [0.29, 0.717) is 22.3 Å². The molecule has 0 spiro atoms. The zero-order valence-electron chi connectivity index (χ0n) is 18.7. The second kappa shape index (κ2) is 11.3. The van der Waals surface area contributed by atoms with Gasteiger partial charge in [0.05, 0.1) is 17.7 Å². The monoisotopic (exact) mass is 488 g/mol. The van der Waals surface area contributed by atoms with Crippen LogP contribution in [0.2, 0.25) is 5.02 Å². The van der Waals surface area contributed by atoms with Crippen LogP contribution in [0.3, 0.4) is 0 Å². The smallest absolute Gasteiger partial charge is 0.238 e. The van der Waals surface area contributed by atoms with E-state index in [1.807, 2.05) is 6.07 Å². The van der Waals surface area contributed by atoms with Gasteiger partial charge in [-0.05, 0) is 57.0 Å². The lowest BCUT2D eigenvalue weighted by atomic mass is 10.2. The molecular weight excluding hydrogens is 463 g/mol. The molecule has 180 valence electrons. The van der Waals surface area contributed by atoms with Crippen molar-refractivity contribution in [3.63, 3.8) is 0 Å². The third-order valence-corrected chi connectivity index (χ3v) is 5.94. The Morgan fingerprint density at radius 3 is 2.76 bits per heavy atom. The molecule has 1 saturated carbocycles. The summed E-state index contributed by atoms with van der Waals surface area (Å²) >= 11 is 6.17. The summed E-state index contributed by atoms with van der Waals surface area (Å²) < 4.78 is 26.1. The molecule has 1 heterocycles. The number of aromatic nitrogens is 4. The lowest BCUT2D eigenvalue weighted by Gasteiger charge is -2.25. The van der Waals surface area contributed by atoms with Crippen molar-refractivity contribution in [3.8, 4) is 11.5 Å². The standard InChI is InChI=1S/C23H26ClFN6O3/c1-31(19(23-27-29-30-28-23)14-33-20-9-5-4-8-17(20)24)13-22(32)26-15-10-11-21(18(25)12-15)34-16-6-2-3-7-16/h4-5,8-12,16,19H,2-3,6-7,13-14H2,1H3,(H,26,32)(H,27,28,29,30). The summed E-state index contributed by atoms with van der Waals surface area (Å²) in [6.45, 7) is 0.113. The molecule has 1 fully saturated rings. The third-order valence-electron chi connectivity index (χ3n) is 5.63. The van der Waals surface area contributed by atoms with Gasteiger partial charge in [-0.25, -0.2) is 4.39 Å². The molecule has 1 atom stereocenters. The van der Waals surface area contributed by atoms with Gasteiger partial charge < -0.3 is 14.8 Å². The molecule has 0 saturated heterocycles. The van der Waals surface area contributed by atoms with Crippen LogP contribution in [-0.2, 0) is 4.79 Å². The summed E-state index contributed by atoms with van der Waals surface area (Å²) in [6.07, 6.45) is 4.13. The average Bonchev–Trinajstić information content (AvgIpc) is 3.51. The van der Waals surface area contributed by atoms with Gasteiger partial charge in [0, 0.05) is 11.8 Å². The van der Waals surface area contributed by atoms with Crippen LogP contribution in [0.5, 0.6) is 11.5 Å². The number of carbonyl (C=O) groups is 1. The van der Waals surface area contributed by atoms with Crippen molar-refractivity contribution in [2.45, 2.75) is 37.8 Å². The number of aromatic amines is 1. The molecule has 0 radical (unpaired) electrons. The zero-order valence-corrected chi connectivity index (χ0v) is 19.5. The summed E-state index contributed by atoms with van der Waals surface area (Å²) in [7, 11) is 1.73. The maximum atomic E-state index is 14.5. The second-order valence-electron chi connectivity index (χ2n) is 8.16. The van der Waals surface area contributed by atoms with E-state index in [1.54, 1.807) is 42.3 Å². The number of ether oxygens (including phenoxy) is 2. The first-order valence-corrected chi connectivity index (χ1v) is 11.4. The molecule has 2 aromatic carbocycles. The number of para-hydroxylation sites is 1. The van der Waals surface area contributed by atoms with Crippen LogP contribution in [0.1, 0.15) is 37.5 Å². The lowest BCUT2D eigenvalue weighted by molar-refractivity contribution is -0.117. The molecule has 1 amide bonds. The van der Waals surface area contributed by atoms with E-state index >= 15 is 0 Å². The van der Waals surface area contributed by atoms with Crippen molar-refractivity contribution in [2.75, 3.05) is 25.5 Å². The maximum absolute atomic E-state index is 14.5. The van der Waals surface area contributed by atoms with E-state index in [2.05, 4.69) is 25.9 Å². The van der Waals surface area contributed by atoms with Crippen molar-refractivity contribution >= 4 is 23.2 Å². The van der Waals surface area contributed by atoms with Crippen molar-refractivity contribution in [2.24, 2.45) is 0 Å². The van der Waals surface area contributed by atoms with Crippen LogP contribution in [-0.4, -0.2) is 57.7 Å². The molecule has 11 heteroatoms. The van der Waals surface area contributed by atoms with Gasteiger partial charge in [-0.2, -0.15) is 5.21 Å². The highest BCUT2D eigenvalue weighted by molar-refractivity contribution is 6.32. The van der Waals surface area contributed by atoms with Crippen LogP contribution in [0.25, 0.3) is 0 Å². The Balaban J connectivity index is 1.36. The summed E-state index contributed by atoms with van der Waals surface area (Å²) in [6, 6.07) is 11.0. The van der Waals surface area contributed by atoms with Crippen LogP contribution >= 0.6 is 11.6 Å². The molecule has 2 N–H and O–H groups in total. The molecule has 1 aromatic heterocycles. The first-order chi connectivity index (χ1) is 16.5. The van der Waals surface area contributed by atoms with Crippen molar-refractivity contribution in [1.82, 2.24) is 25.5 Å². The number of nitrogens with zero attached hydrogens (tertiary/aromatic N) is 4. The fourth-order valence-corrected chi connectivity index (χ4v) is 4.03. The Morgan fingerprint density at radius 1 is 1.26 bits per heavy atom. The Morgan fingerprint density at radius 2 is 2.06 bits per heavy atom. The zero-order chi connectivity index (χ0) is 23.9. The number of hydrogen-bond donors (Lipinski definition) is 2. The number of carbonyl (C=O) groups excluding carboxylic acids is 1. The minimum atomic E-state index is -0.504. The number of benzene rings is 2. The molecule has 0 bridgehead atoms. The molecular formula is C23H26ClFN6O3. The summed E-state index contributed by atoms with van der Waals surface area (Å²) in [5, 5.41) is 17.3. The van der Waals surface area contributed by atoms with Crippen LogP contribution < -0.4 is 14.8 Å². The van der Waals surface area contributed by atoms with Gasteiger partial charge in [-0.15, -0.1) is 10.2 Å². The molecule has 3 aromatic rings. The molecule has 4 rings (SSSR count). The topological polar surface area (TPSA) is 105 Å². The summed E-state index contributed by atoms with van der Waals surface area (Å²) in [5.74, 6) is 0.233. The predicted molar refractivity (Wildman–Crippen MR) is 124 cm³/mol. The second-order valence-corrected chi connectivity index (χ2v) is 8.57. The number of anilines is 1. The van der Waals surface area contributed by atoms with Crippen LogP contribution in [0.4, 0.5) is 10.1 Å². The van der Waals surface area contributed by atoms with Gasteiger partial charge in [0.1, 0.15) is 18.4 Å². The maximum Gasteiger partial charge on any atom is 0.238 e. The average molecular weight is 489 g/mol. The predicted octanol–water partition coefficient (Wildman–Crippen LogP) is 4.00. The van der Waals surface area contributed by atoms with E-state index in [9.17, 15) is 9.18 Å². The van der Waals surface area contributed by atoms with Gasteiger partial charge >= 0.3 is 0 Å². The minimum Gasteiger partial charge on any atom is -0.490 e. The fraction of sp³-hybridized carbons (Fsp3) is 0.391. The number of nitrogens with one attached hydrogen (secondary N) is 2. The Bertz CT molecular complexity index is 1090. The van der Waals surface area contributed by atoms with E-state index in [-0.39, 0.29) is 30.9 Å². The van der Waals surface area contributed by atoms with E-state index in [0.717, 1.165) is 25.7 Å². The van der Waals surface area contributed by atoms with Crippen molar-refractivity contribution in [1.29, 1.82) is 0 Å². The number of hydrogen-bond acceptors (Lipinski definition) is 7. The highest BCUT2D eigenvalue weighted by Crippen LogP contribution is 2.28. The molecule has 1 aliphatic carbocycles. The SMILES string of the molecule is CN(CC(=O)Nc1ccc(OC2CCCC2)c(F)c1)C(COc1ccccc1Cl)c1nn[nH]n1. The van der Waals surface area contributed by atoms with E-state index < -0.39 is 11.9 Å². The quantitative estimate of drug-likeness (QED) is 0.444. The third kappa shape index (κ3) is 6.21. The number of H-pyrrole nitrogens is 1. The van der Waals surface area contributed by atoms with Crippen LogP contribution in [0, 0.1) is 5.82 Å². The normalized spacial score (nSPS) is 14.8. The Labute approximate surface area is 201 Å². The highest BCUT2D eigenvalue weighted by Gasteiger charge is 2.25. The highest BCUT2D eigenvalue weighted by atomic mass is 35.5. The Kier molecular flexibility index (Phi) is 7.91. The van der Waals surface area contributed by atoms with Crippen LogP contribution in [0.15, 0.2) is 42.5 Å². The number of tetrazole rings is 1. The lowest BCUT2D eigenvalue weighted by Crippen LogP contribution is -2.36. The number of rotatable bonds is 10.